The first kappa shape index (κ1) is 15.8. The van der Waals surface area contributed by atoms with Gasteiger partial charge in [-0.1, -0.05) is 23.4 Å². The van der Waals surface area contributed by atoms with Gasteiger partial charge in [0.1, 0.15) is 5.76 Å². The largest absolute Gasteiger partial charge is 0.360 e. The summed E-state index contributed by atoms with van der Waals surface area (Å²) in [6.07, 6.45) is 0. The van der Waals surface area contributed by atoms with Crippen LogP contribution < -0.4 is 10.2 Å². The van der Waals surface area contributed by atoms with E-state index in [4.69, 9.17) is 4.52 Å². The number of fused-ring (bicyclic) bond motifs is 1. The predicted octanol–water partition coefficient (Wildman–Crippen LogP) is 3.04. The van der Waals surface area contributed by atoms with Gasteiger partial charge in [-0.15, -0.1) is 0 Å². The van der Waals surface area contributed by atoms with Crippen LogP contribution in [0.2, 0.25) is 0 Å². The van der Waals surface area contributed by atoms with Gasteiger partial charge in [0.25, 0.3) is 17.7 Å². The normalized spacial score (nSPS) is 13.0. The third-order valence-electron chi connectivity index (χ3n) is 4.03. The van der Waals surface area contributed by atoms with Gasteiger partial charge in [0.2, 0.25) is 0 Å². The van der Waals surface area contributed by atoms with Crippen LogP contribution in [-0.4, -0.2) is 22.9 Å². The van der Waals surface area contributed by atoms with Crippen LogP contribution in [0, 0.1) is 6.92 Å². The summed E-state index contributed by atoms with van der Waals surface area (Å²) < 4.78 is 4.90. The Morgan fingerprint density at radius 1 is 1.00 bits per heavy atom. The molecule has 3 amide bonds. The van der Waals surface area contributed by atoms with Crippen molar-refractivity contribution >= 4 is 29.2 Å². The van der Waals surface area contributed by atoms with E-state index in [1.165, 1.54) is 18.2 Å². The maximum Gasteiger partial charge on any atom is 0.266 e. The SMILES string of the molecule is Cc1cc(NC(=O)c2ccc3c(c2)C(=O)N(c2ccccc2)C3=O)no1. The van der Waals surface area contributed by atoms with Crippen molar-refractivity contribution in [3.63, 3.8) is 0 Å². The van der Waals surface area contributed by atoms with Gasteiger partial charge >= 0.3 is 0 Å². The third kappa shape index (κ3) is 2.55. The number of anilines is 2. The van der Waals surface area contributed by atoms with E-state index in [0.29, 0.717) is 11.4 Å². The van der Waals surface area contributed by atoms with Gasteiger partial charge in [-0.05, 0) is 37.3 Å². The Hall–Kier alpha value is -3.74. The average Bonchev–Trinajstić information content (AvgIpc) is 3.16. The molecule has 0 saturated carbocycles. The molecule has 3 aromatic rings. The summed E-state index contributed by atoms with van der Waals surface area (Å²) in [6, 6.07) is 14.6. The standard InChI is InChI=1S/C19H13N3O4/c1-11-9-16(21-26-11)20-17(23)12-7-8-14-15(10-12)19(25)22(18(14)24)13-5-3-2-4-6-13/h2-10H,1H3,(H,20,21,23). The van der Waals surface area contributed by atoms with Crippen molar-refractivity contribution in [2.75, 3.05) is 10.2 Å². The highest BCUT2D eigenvalue weighted by Crippen LogP contribution is 2.29. The van der Waals surface area contributed by atoms with Crippen molar-refractivity contribution in [2.24, 2.45) is 0 Å². The molecule has 0 fully saturated rings. The second kappa shape index (κ2) is 5.96. The molecule has 0 saturated heterocycles. The third-order valence-corrected chi connectivity index (χ3v) is 4.03. The lowest BCUT2D eigenvalue weighted by Crippen LogP contribution is -2.29. The minimum atomic E-state index is -0.455. The highest BCUT2D eigenvalue weighted by Gasteiger charge is 2.37. The van der Waals surface area contributed by atoms with Crippen LogP contribution in [-0.2, 0) is 0 Å². The van der Waals surface area contributed by atoms with E-state index < -0.39 is 17.7 Å². The second-order valence-electron chi connectivity index (χ2n) is 5.82. The molecule has 1 aliphatic heterocycles. The number of aromatic nitrogens is 1. The fourth-order valence-corrected chi connectivity index (χ4v) is 2.81. The Morgan fingerprint density at radius 3 is 2.42 bits per heavy atom. The smallest absolute Gasteiger partial charge is 0.266 e. The van der Waals surface area contributed by atoms with Crippen molar-refractivity contribution in [1.29, 1.82) is 0 Å². The molecule has 2 aromatic carbocycles. The Kier molecular flexibility index (Phi) is 3.62. The molecular formula is C19H13N3O4. The molecule has 0 bridgehead atoms. The van der Waals surface area contributed by atoms with E-state index in [1.807, 2.05) is 0 Å². The summed E-state index contributed by atoms with van der Waals surface area (Å²) in [6.45, 7) is 1.71. The maximum atomic E-state index is 12.7. The number of amides is 3. The molecule has 0 radical (unpaired) electrons. The summed E-state index contributed by atoms with van der Waals surface area (Å²) >= 11 is 0. The van der Waals surface area contributed by atoms with Crippen molar-refractivity contribution in [1.82, 2.24) is 5.16 Å². The van der Waals surface area contributed by atoms with Gasteiger partial charge in [-0.25, -0.2) is 4.90 Å². The van der Waals surface area contributed by atoms with Gasteiger partial charge in [-0.3, -0.25) is 14.4 Å². The van der Waals surface area contributed by atoms with Crippen LogP contribution in [0.5, 0.6) is 0 Å². The zero-order valence-corrected chi connectivity index (χ0v) is 13.7. The fraction of sp³-hybridized carbons (Fsp3) is 0.0526. The number of para-hydroxylation sites is 1. The zero-order chi connectivity index (χ0) is 18.3. The molecule has 128 valence electrons. The topological polar surface area (TPSA) is 92.5 Å². The molecule has 7 heteroatoms. The maximum absolute atomic E-state index is 12.7. The van der Waals surface area contributed by atoms with Crippen LogP contribution in [0.15, 0.2) is 59.1 Å². The lowest BCUT2D eigenvalue weighted by molar-refractivity contribution is 0.0925. The number of aryl methyl sites for hydroxylation is 1. The van der Waals surface area contributed by atoms with E-state index in [1.54, 1.807) is 43.3 Å². The molecule has 0 spiro atoms. The number of rotatable bonds is 3. The summed E-state index contributed by atoms with van der Waals surface area (Å²) in [5.41, 5.74) is 1.21. The van der Waals surface area contributed by atoms with E-state index in [0.717, 1.165) is 4.90 Å². The Morgan fingerprint density at radius 2 is 1.73 bits per heavy atom. The molecule has 1 aliphatic rings. The first-order valence-corrected chi connectivity index (χ1v) is 7.87. The predicted molar refractivity (Wildman–Crippen MR) is 93.2 cm³/mol. The van der Waals surface area contributed by atoms with Crippen LogP contribution in [0.1, 0.15) is 36.8 Å². The number of nitrogens with zero attached hydrogens (tertiary/aromatic N) is 2. The number of imide groups is 1. The van der Waals surface area contributed by atoms with E-state index in [-0.39, 0.29) is 22.5 Å². The van der Waals surface area contributed by atoms with Crippen molar-refractivity contribution in [3.05, 3.63) is 77.0 Å². The Bertz CT molecular complexity index is 1040. The second-order valence-corrected chi connectivity index (χ2v) is 5.82. The molecular weight excluding hydrogens is 334 g/mol. The number of carbonyl (C=O) groups is 3. The van der Waals surface area contributed by atoms with Gasteiger partial charge in [0.05, 0.1) is 16.8 Å². The van der Waals surface area contributed by atoms with Crippen LogP contribution in [0.3, 0.4) is 0 Å². The summed E-state index contributed by atoms with van der Waals surface area (Å²) in [4.78, 5) is 38.7. The van der Waals surface area contributed by atoms with Gasteiger partial charge in [-0.2, -0.15) is 0 Å². The van der Waals surface area contributed by atoms with E-state index in [2.05, 4.69) is 10.5 Å². The zero-order valence-electron chi connectivity index (χ0n) is 13.7. The first-order valence-electron chi connectivity index (χ1n) is 7.87. The summed E-state index contributed by atoms with van der Waals surface area (Å²) in [5, 5.41) is 6.28. The molecule has 0 aliphatic carbocycles. The van der Waals surface area contributed by atoms with Gasteiger partial charge in [0.15, 0.2) is 5.82 Å². The molecule has 26 heavy (non-hydrogen) atoms. The molecule has 4 rings (SSSR count). The lowest BCUT2D eigenvalue weighted by Gasteiger charge is -2.13. The van der Waals surface area contributed by atoms with Gasteiger partial charge < -0.3 is 9.84 Å². The molecule has 1 aromatic heterocycles. The van der Waals surface area contributed by atoms with Crippen molar-refractivity contribution < 1.29 is 18.9 Å². The number of nitrogens with one attached hydrogen (secondary N) is 1. The summed E-state index contributed by atoms with van der Waals surface area (Å²) in [5.74, 6) is -0.465. The highest BCUT2D eigenvalue weighted by molar-refractivity contribution is 6.34. The molecule has 2 heterocycles. The quantitative estimate of drug-likeness (QED) is 0.735. The number of benzene rings is 2. The number of hydrogen-bond acceptors (Lipinski definition) is 5. The fourth-order valence-electron chi connectivity index (χ4n) is 2.81. The molecule has 0 atom stereocenters. The molecule has 1 N–H and O–H groups in total. The van der Waals surface area contributed by atoms with Crippen LogP contribution in [0.4, 0.5) is 11.5 Å². The Balaban J connectivity index is 1.64. The molecule has 7 nitrogen and oxygen atoms in total. The number of carbonyl (C=O) groups excluding carboxylic acids is 3. The van der Waals surface area contributed by atoms with E-state index in [9.17, 15) is 14.4 Å². The number of hydrogen-bond donors (Lipinski definition) is 1. The minimum Gasteiger partial charge on any atom is -0.360 e. The Labute approximate surface area is 148 Å². The monoisotopic (exact) mass is 347 g/mol. The highest BCUT2D eigenvalue weighted by atomic mass is 16.5. The minimum absolute atomic E-state index is 0.197. The average molecular weight is 347 g/mol. The lowest BCUT2D eigenvalue weighted by atomic mass is 10.1. The van der Waals surface area contributed by atoms with Gasteiger partial charge in [0, 0.05) is 11.6 Å². The van der Waals surface area contributed by atoms with Crippen molar-refractivity contribution in [3.8, 4) is 0 Å². The van der Waals surface area contributed by atoms with E-state index >= 15 is 0 Å². The van der Waals surface area contributed by atoms with Crippen LogP contribution in [0.25, 0.3) is 0 Å². The van der Waals surface area contributed by atoms with Crippen molar-refractivity contribution in [2.45, 2.75) is 6.92 Å². The first-order chi connectivity index (χ1) is 12.5. The molecule has 0 unspecified atom stereocenters. The van der Waals surface area contributed by atoms with Crippen LogP contribution >= 0.6 is 0 Å². The summed E-state index contributed by atoms with van der Waals surface area (Å²) in [7, 11) is 0.